The highest BCUT2D eigenvalue weighted by atomic mass is 16.5. The van der Waals surface area contributed by atoms with Crippen molar-refractivity contribution in [1.29, 1.82) is 0 Å². The van der Waals surface area contributed by atoms with Crippen molar-refractivity contribution in [3.8, 4) is 0 Å². The molecule has 1 heterocycles. The zero-order valence-corrected chi connectivity index (χ0v) is 4.59. The van der Waals surface area contributed by atoms with Gasteiger partial charge in [0.05, 0.1) is 0 Å². The topological polar surface area (TPSA) is 23.5 Å². The summed E-state index contributed by atoms with van der Waals surface area (Å²) >= 11 is 0. The number of hydrogen-bond donors (Lipinski definition) is 1. The van der Waals surface area contributed by atoms with E-state index < -0.39 is 0 Å². The smallest absolute Gasteiger partial charge is 0.0360 e. The molecular weight excluding hydrogens is 90.1 g/mol. The minimum atomic E-state index is 0.472. The highest BCUT2D eigenvalue weighted by Crippen LogP contribution is 2.15. The van der Waals surface area contributed by atoms with E-state index in [0.29, 0.717) is 6.04 Å². The molecule has 0 bridgehead atoms. The first kappa shape index (κ1) is 5.06. The Kier molecular flexibility index (Phi) is 1.30. The third-order valence-corrected chi connectivity index (χ3v) is 1.58. The van der Waals surface area contributed by atoms with Crippen molar-refractivity contribution in [2.45, 2.75) is 25.8 Å². The van der Waals surface area contributed by atoms with Crippen LogP contribution >= 0.6 is 0 Å². The molecule has 1 aliphatic heterocycles. The lowest BCUT2D eigenvalue weighted by Crippen LogP contribution is -2.44. The summed E-state index contributed by atoms with van der Waals surface area (Å²) in [6, 6.07) is 0.472. The van der Waals surface area contributed by atoms with Gasteiger partial charge in [-0.25, -0.2) is 0 Å². The Morgan fingerprint density at radius 2 is 2.57 bits per heavy atom. The predicted molar refractivity (Wildman–Crippen MR) is 27.2 cm³/mol. The highest BCUT2D eigenvalue weighted by Gasteiger charge is 2.23. The van der Waals surface area contributed by atoms with Gasteiger partial charge in [0.2, 0.25) is 0 Å². The zero-order chi connectivity index (χ0) is 5.28. The van der Waals surface area contributed by atoms with Crippen molar-refractivity contribution in [2.75, 3.05) is 6.54 Å². The SMILES string of the molecule is CCC1CCN1O. The Bertz CT molecular complexity index is 63.1. The van der Waals surface area contributed by atoms with Gasteiger partial charge >= 0.3 is 0 Å². The second-order valence-corrected chi connectivity index (χ2v) is 2.01. The quantitative estimate of drug-likeness (QED) is 0.529. The van der Waals surface area contributed by atoms with Crippen LogP contribution in [-0.2, 0) is 0 Å². The predicted octanol–water partition coefficient (Wildman–Crippen LogP) is 0.860. The molecule has 0 spiro atoms. The van der Waals surface area contributed by atoms with E-state index in [9.17, 15) is 0 Å². The molecule has 1 N–H and O–H groups in total. The van der Waals surface area contributed by atoms with Gasteiger partial charge < -0.3 is 5.21 Å². The monoisotopic (exact) mass is 101 g/mol. The van der Waals surface area contributed by atoms with Crippen LogP contribution in [0.2, 0.25) is 0 Å². The molecule has 0 amide bonds. The van der Waals surface area contributed by atoms with E-state index in [1.807, 2.05) is 0 Å². The van der Waals surface area contributed by atoms with Crippen LogP contribution in [0.1, 0.15) is 19.8 Å². The van der Waals surface area contributed by atoms with Crippen molar-refractivity contribution in [3.05, 3.63) is 0 Å². The summed E-state index contributed by atoms with van der Waals surface area (Å²) < 4.78 is 0. The van der Waals surface area contributed by atoms with E-state index in [1.54, 1.807) is 0 Å². The van der Waals surface area contributed by atoms with Crippen LogP contribution in [0.25, 0.3) is 0 Å². The van der Waals surface area contributed by atoms with Crippen molar-refractivity contribution < 1.29 is 5.21 Å². The summed E-state index contributed by atoms with van der Waals surface area (Å²) in [5.74, 6) is 0. The summed E-state index contributed by atoms with van der Waals surface area (Å²) in [6.07, 6.45) is 2.25. The molecular formula is C5H11NO. The molecule has 0 aromatic rings. The maximum absolute atomic E-state index is 8.74. The van der Waals surface area contributed by atoms with Gasteiger partial charge in [0.25, 0.3) is 0 Å². The minimum Gasteiger partial charge on any atom is -0.314 e. The highest BCUT2D eigenvalue weighted by molar-refractivity contribution is 4.73. The standard InChI is InChI=1S/C5H11NO/c1-2-5-3-4-6(5)7/h5,7H,2-4H2,1H3. The average Bonchev–Trinajstić information content (AvgIpc) is 1.65. The molecule has 42 valence electrons. The van der Waals surface area contributed by atoms with Gasteiger partial charge in [0.15, 0.2) is 0 Å². The molecule has 1 saturated heterocycles. The fourth-order valence-corrected chi connectivity index (χ4v) is 0.842. The van der Waals surface area contributed by atoms with E-state index in [4.69, 9.17) is 5.21 Å². The molecule has 0 aromatic carbocycles. The molecule has 1 aliphatic rings. The molecule has 7 heavy (non-hydrogen) atoms. The van der Waals surface area contributed by atoms with Crippen LogP contribution < -0.4 is 0 Å². The molecule has 0 saturated carbocycles. The van der Waals surface area contributed by atoms with E-state index in [-0.39, 0.29) is 0 Å². The molecule has 1 fully saturated rings. The molecule has 1 rings (SSSR count). The maximum atomic E-state index is 8.74. The number of hydroxylamine groups is 2. The molecule has 2 heteroatoms. The molecule has 1 atom stereocenters. The van der Waals surface area contributed by atoms with Crippen LogP contribution in [0, 0.1) is 0 Å². The Morgan fingerprint density at radius 1 is 1.86 bits per heavy atom. The molecule has 2 nitrogen and oxygen atoms in total. The maximum Gasteiger partial charge on any atom is 0.0360 e. The largest absolute Gasteiger partial charge is 0.314 e. The van der Waals surface area contributed by atoms with E-state index in [0.717, 1.165) is 13.0 Å². The summed E-state index contributed by atoms with van der Waals surface area (Å²) in [5.41, 5.74) is 0. The lowest BCUT2D eigenvalue weighted by molar-refractivity contribution is -0.182. The molecule has 1 unspecified atom stereocenters. The third-order valence-electron chi connectivity index (χ3n) is 1.58. The summed E-state index contributed by atoms with van der Waals surface area (Å²) in [7, 11) is 0. The van der Waals surface area contributed by atoms with Crippen molar-refractivity contribution in [1.82, 2.24) is 5.06 Å². The minimum absolute atomic E-state index is 0.472. The lowest BCUT2D eigenvalue weighted by atomic mass is 10.0. The van der Waals surface area contributed by atoms with Gasteiger partial charge in [-0.05, 0) is 12.8 Å². The summed E-state index contributed by atoms with van der Waals surface area (Å²) in [6.45, 7) is 2.96. The van der Waals surface area contributed by atoms with Crippen molar-refractivity contribution >= 4 is 0 Å². The number of nitrogens with zero attached hydrogens (tertiary/aromatic N) is 1. The van der Waals surface area contributed by atoms with Gasteiger partial charge in [-0.1, -0.05) is 6.92 Å². The molecule has 0 radical (unpaired) electrons. The van der Waals surface area contributed by atoms with E-state index >= 15 is 0 Å². The first-order valence-electron chi connectivity index (χ1n) is 2.80. The Balaban J connectivity index is 2.16. The van der Waals surface area contributed by atoms with E-state index in [2.05, 4.69) is 6.92 Å². The van der Waals surface area contributed by atoms with Gasteiger partial charge in [0.1, 0.15) is 0 Å². The number of rotatable bonds is 1. The fraction of sp³-hybridized carbons (Fsp3) is 1.00. The van der Waals surface area contributed by atoms with Crippen LogP contribution in [-0.4, -0.2) is 22.9 Å². The summed E-state index contributed by atoms with van der Waals surface area (Å²) in [5, 5.41) is 10.1. The fourth-order valence-electron chi connectivity index (χ4n) is 0.842. The normalized spacial score (nSPS) is 32.6. The van der Waals surface area contributed by atoms with Crippen LogP contribution in [0.15, 0.2) is 0 Å². The van der Waals surface area contributed by atoms with Gasteiger partial charge in [0, 0.05) is 12.6 Å². The second-order valence-electron chi connectivity index (χ2n) is 2.01. The summed E-state index contributed by atoms with van der Waals surface area (Å²) in [4.78, 5) is 0. The first-order valence-corrected chi connectivity index (χ1v) is 2.80. The van der Waals surface area contributed by atoms with Crippen LogP contribution in [0.4, 0.5) is 0 Å². The Labute approximate surface area is 43.7 Å². The number of hydrogen-bond acceptors (Lipinski definition) is 2. The first-order chi connectivity index (χ1) is 3.34. The molecule has 0 aliphatic carbocycles. The van der Waals surface area contributed by atoms with Gasteiger partial charge in [-0.2, -0.15) is 5.06 Å². The van der Waals surface area contributed by atoms with Crippen molar-refractivity contribution in [3.63, 3.8) is 0 Å². The van der Waals surface area contributed by atoms with Crippen molar-refractivity contribution in [2.24, 2.45) is 0 Å². The third kappa shape index (κ3) is 0.763. The molecule has 0 aromatic heterocycles. The average molecular weight is 101 g/mol. The second kappa shape index (κ2) is 1.80. The van der Waals surface area contributed by atoms with Gasteiger partial charge in [-0.15, -0.1) is 0 Å². The van der Waals surface area contributed by atoms with Crippen LogP contribution in [0.3, 0.4) is 0 Å². The van der Waals surface area contributed by atoms with Gasteiger partial charge in [-0.3, -0.25) is 0 Å². The Morgan fingerprint density at radius 3 is 2.57 bits per heavy atom. The lowest BCUT2D eigenvalue weighted by Gasteiger charge is -2.34. The van der Waals surface area contributed by atoms with Crippen LogP contribution in [0.5, 0.6) is 0 Å². The zero-order valence-electron chi connectivity index (χ0n) is 4.59. The Hall–Kier alpha value is -0.0800. The van der Waals surface area contributed by atoms with E-state index in [1.165, 1.54) is 11.5 Å².